The third kappa shape index (κ3) is 1.48. The lowest BCUT2D eigenvalue weighted by Gasteiger charge is -2.02. The van der Waals surface area contributed by atoms with Gasteiger partial charge in [0.1, 0.15) is 0 Å². The third-order valence-electron chi connectivity index (χ3n) is 1.27. The molecule has 0 amide bonds. The minimum absolute atomic E-state index is 1.04. The van der Waals surface area contributed by atoms with E-state index in [1.807, 2.05) is 0 Å². The van der Waals surface area contributed by atoms with E-state index >= 15 is 0 Å². The summed E-state index contributed by atoms with van der Waals surface area (Å²) in [6.07, 6.45) is 8.96. The summed E-state index contributed by atoms with van der Waals surface area (Å²) in [5, 5.41) is 1.04. The summed E-state index contributed by atoms with van der Waals surface area (Å²) in [5.41, 5.74) is 1.51. The van der Waals surface area contributed by atoms with Gasteiger partial charge in [0.05, 0.1) is 0 Å². The second-order valence-electron chi connectivity index (χ2n) is 1.93. The average Bonchev–Trinajstić information content (AvgIpc) is 1.90. The van der Waals surface area contributed by atoms with Crippen molar-refractivity contribution in [1.82, 2.24) is 0 Å². The zero-order chi connectivity index (χ0) is 5.82. The fourth-order valence-corrected chi connectivity index (χ4v) is 1.23. The molecule has 1 aliphatic carbocycles. The molecule has 44 valence electrons. The van der Waals surface area contributed by atoms with Gasteiger partial charge in [-0.15, -0.1) is 0 Å². The molecule has 0 saturated heterocycles. The molecule has 0 heterocycles. The Morgan fingerprint density at radius 2 is 2.50 bits per heavy atom. The van der Waals surface area contributed by atoms with E-state index in [2.05, 4.69) is 34.2 Å². The monoisotopic (exact) mass is 172 g/mol. The maximum absolute atomic E-state index is 3.41. The molecule has 0 bridgehead atoms. The van der Waals surface area contributed by atoms with Crippen LogP contribution in [-0.2, 0) is 0 Å². The molecule has 0 nitrogen and oxygen atoms in total. The highest BCUT2D eigenvalue weighted by molar-refractivity contribution is 9.09. The molecule has 8 heavy (non-hydrogen) atoms. The zero-order valence-corrected chi connectivity index (χ0v) is 6.32. The van der Waals surface area contributed by atoms with Crippen LogP contribution >= 0.6 is 15.9 Å². The van der Waals surface area contributed by atoms with Crippen molar-refractivity contribution in [1.29, 1.82) is 0 Å². The first-order chi connectivity index (χ1) is 3.93. The van der Waals surface area contributed by atoms with Crippen molar-refractivity contribution in [2.24, 2.45) is 0 Å². The smallest absolute Gasteiger partial charge is 0.0245 e. The maximum atomic E-state index is 3.41. The number of halogens is 1. The number of rotatable bonds is 1. The highest BCUT2D eigenvalue weighted by Crippen LogP contribution is 2.12. The van der Waals surface area contributed by atoms with Gasteiger partial charge in [0, 0.05) is 5.33 Å². The molecule has 1 rings (SSSR count). The summed E-state index contributed by atoms with van der Waals surface area (Å²) in [4.78, 5) is 0. The first-order valence-electron chi connectivity index (χ1n) is 2.84. The molecule has 0 spiro atoms. The topological polar surface area (TPSA) is 0 Å². The highest BCUT2D eigenvalue weighted by atomic mass is 79.9. The minimum atomic E-state index is 1.04. The van der Waals surface area contributed by atoms with Gasteiger partial charge >= 0.3 is 0 Å². The summed E-state index contributed by atoms with van der Waals surface area (Å²) >= 11 is 3.41. The Balaban J connectivity index is 2.50. The molecule has 0 radical (unpaired) electrons. The molecule has 0 atom stereocenters. The van der Waals surface area contributed by atoms with Crippen molar-refractivity contribution >= 4 is 15.9 Å². The van der Waals surface area contributed by atoms with E-state index in [0.717, 1.165) is 5.33 Å². The van der Waals surface area contributed by atoms with Crippen LogP contribution in [0, 0.1) is 0 Å². The Hall–Kier alpha value is -0.0400. The van der Waals surface area contributed by atoms with Crippen LogP contribution in [0.15, 0.2) is 23.8 Å². The van der Waals surface area contributed by atoms with Gasteiger partial charge in [-0.25, -0.2) is 0 Å². The van der Waals surface area contributed by atoms with Crippen LogP contribution in [0.4, 0.5) is 0 Å². The zero-order valence-electron chi connectivity index (χ0n) is 4.73. The molecule has 1 heteroatoms. The summed E-state index contributed by atoms with van der Waals surface area (Å²) in [6, 6.07) is 0. The molecule has 0 aliphatic heterocycles. The average molecular weight is 173 g/mol. The van der Waals surface area contributed by atoms with Gasteiger partial charge in [-0.1, -0.05) is 39.7 Å². The van der Waals surface area contributed by atoms with Crippen molar-refractivity contribution in [3.05, 3.63) is 23.8 Å². The van der Waals surface area contributed by atoms with Crippen molar-refractivity contribution < 1.29 is 0 Å². The molecule has 0 saturated carbocycles. The Bertz CT molecular complexity index is 122. The molecule has 1 aliphatic rings. The van der Waals surface area contributed by atoms with E-state index in [4.69, 9.17) is 0 Å². The van der Waals surface area contributed by atoms with Gasteiger partial charge in [0.25, 0.3) is 0 Å². The quantitative estimate of drug-likeness (QED) is 0.534. The lowest BCUT2D eigenvalue weighted by Crippen LogP contribution is -1.86. The Morgan fingerprint density at radius 3 is 2.88 bits per heavy atom. The summed E-state index contributed by atoms with van der Waals surface area (Å²) in [7, 11) is 0. The van der Waals surface area contributed by atoms with Gasteiger partial charge < -0.3 is 0 Å². The molecule has 0 aromatic heterocycles. The molecule has 0 aromatic carbocycles. The van der Waals surface area contributed by atoms with E-state index in [-0.39, 0.29) is 0 Å². The second-order valence-corrected chi connectivity index (χ2v) is 2.49. The fourth-order valence-electron chi connectivity index (χ4n) is 0.764. The van der Waals surface area contributed by atoms with Crippen molar-refractivity contribution in [2.45, 2.75) is 12.8 Å². The Kier molecular flexibility index (Phi) is 2.34. The van der Waals surface area contributed by atoms with E-state index < -0.39 is 0 Å². The predicted octanol–water partition coefficient (Wildman–Crippen LogP) is 2.66. The SMILES string of the molecule is BrCC1=CC=CCC1. The van der Waals surface area contributed by atoms with Gasteiger partial charge in [-0.05, 0) is 12.8 Å². The number of hydrogen-bond acceptors (Lipinski definition) is 0. The fraction of sp³-hybridized carbons (Fsp3) is 0.429. The first-order valence-corrected chi connectivity index (χ1v) is 3.96. The van der Waals surface area contributed by atoms with Crippen LogP contribution < -0.4 is 0 Å². The van der Waals surface area contributed by atoms with Crippen LogP contribution in [0.3, 0.4) is 0 Å². The first kappa shape index (κ1) is 6.09. The largest absolute Gasteiger partial charge is 0.0880 e. The van der Waals surface area contributed by atoms with Crippen LogP contribution in [0.5, 0.6) is 0 Å². The van der Waals surface area contributed by atoms with E-state index in [0.29, 0.717) is 0 Å². The lowest BCUT2D eigenvalue weighted by atomic mass is 10.1. The van der Waals surface area contributed by atoms with Crippen molar-refractivity contribution in [3.8, 4) is 0 Å². The van der Waals surface area contributed by atoms with Crippen molar-refractivity contribution in [3.63, 3.8) is 0 Å². The predicted molar refractivity (Wildman–Crippen MR) is 40.3 cm³/mol. The van der Waals surface area contributed by atoms with Gasteiger partial charge in [0.2, 0.25) is 0 Å². The van der Waals surface area contributed by atoms with Crippen molar-refractivity contribution in [2.75, 3.05) is 5.33 Å². The summed E-state index contributed by atoms with van der Waals surface area (Å²) in [6.45, 7) is 0. The molecule has 0 aromatic rings. The van der Waals surface area contributed by atoms with Crippen LogP contribution in [-0.4, -0.2) is 5.33 Å². The second kappa shape index (κ2) is 3.08. The Labute approximate surface area is 58.4 Å². The van der Waals surface area contributed by atoms with Crippen LogP contribution in [0.2, 0.25) is 0 Å². The van der Waals surface area contributed by atoms with E-state index in [1.54, 1.807) is 0 Å². The highest BCUT2D eigenvalue weighted by Gasteiger charge is 1.94. The van der Waals surface area contributed by atoms with E-state index in [1.165, 1.54) is 18.4 Å². The lowest BCUT2D eigenvalue weighted by molar-refractivity contribution is 0.968. The standard InChI is InChI=1S/C7H9Br/c8-6-7-4-2-1-3-5-7/h1-2,4H,3,5-6H2. The Morgan fingerprint density at radius 1 is 1.62 bits per heavy atom. The van der Waals surface area contributed by atoms with Gasteiger partial charge in [0.15, 0.2) is 0 Å². The summed E-state index contributed by atoms with van der Waals surface area (Å²) in [5.74, 6) is 0. The molecular formula is C7H9Br. The van der Waals surface area contributed by atoms with Gasteiger partial charge in [-0.2, -0.15) is 0 Å². The summed E-state index contributed by atoms with van der Waals surface area (Å²) < 4.78 is 0. The number of alkyl halides is 1. The normalized spacial score (nSPS) is 18.4. The minimum Gasteiger partial charge on any atom is -0.0880 e. The van der Waals surface area contributed by atoms with Gasteiger partial charge in [-0.3, -0.25) is 0 Å². The molecular weight excluding hydrogens is 164 g/mol. The van der Waals surface area contributed by atoms with Crippen LogP contribution in [0.1, 0.15) is 12.8 Å². The maximum Gasteiger partial charge on any atom is 0.0245 e. The number of allylic oxidation sites excluding steroid dienone is 4. The molecule has 0 N–H and O–H groups in total. The molecule has 0 unspecified atom stereocenters. The van der Waals surface area contributed by atoms with E-state index in [9.17, 15) is 0 Å². The molecule has 0 fully saturated rings. The number of hydrogen-bond donors (Lipinski definition) is 0. The van der Waals surface area contributed by atoms with Crippen LogP contribution in [0.25, 0.3) is 0 Å². The third-order valence-corrected chi connectivity index (χ3v) is 1.99.